The van der Waals surface area contributed by atoms with Crippen molar-refractivity contribution >= 4 is 0 Å². The molecule has 44 heavy (non-hydrogen) atoms. The Labute approximate surface area is 249 Å². The molecule has 20 atom stereocenters. The van der Waals surface area contributed by atoms with E-state index in [1.807, 2.05) is 0 Å². The third kappa shape index (κ3) is 7.05. The molecule has 4 aliphatic rings. The highest BCUT2D eigenvalue weighted by molar-refractivity contribution is 4.97. The topological polar surface area (TPSA) is 328 Å². The van der Waals surface area contributed by atoms with Crippen LogP contribution in [0.25, 0.3) is 0 Å². The molecular formula is C24H42O20. The summed E-state index contributed by atoms with van der Waals surface area (Å²) in [5.74, 6) is 0. The lowest BCUT2D eigenvalue weighted by Gasteiger charge is -2.49. The zero-order valence-electron chi connectivity index (χ0n) is 23.3. The smallest absolute Gasteiger partial charge is 0.187 e. The van der Waals surface area contributed by atoms with Gasteiger partial charge in [-0.15, -0.1) is 0 Å². The fourth-order valence-electron chi connectivity index (χ4n) is 5.44. The van der Waals surface area contributed by atoms with Crippen LogP contribution < -0.4 is 0 Å². The van der Waals surface area contributed by atoms with Crippen molar-refractivity contribution in [3.63, 3.8) is 0 Å². The van der Waals surface area contributed by atoms with E-state index in [0.717, 1.165) is 0 Å². The number of hydrogen-bond acceptors (Lipinski definition) is 20. The molecule has 0 amide bonds. The van der Waals surface area contributed by atoms with Crippen molar-refractivity contribution in [1.29, 1.82) is 0 Å². The van der Waals surface area contributed by atoms with Crippen molar-refractivity contribution in [2.45, 2.75) is 130 Å². The monoisotopic (exact) mass is 650 g/mol. The first-order valence-electron chi connectivity index (χ1n) is 14.0. The molecule has 1 unspecified atom stereocenters. The second-order valence-electron chi connectivity index (χ2n) is 11.1. The summed E-state index contributed by atoms with van der Waals surface area (Å²) in [6, 6.07) is 0. The van der Waals surface area contributed by atoms with E-state index < -0.39 is 143 Å². The molecule has 0 bridgehead atoms. The first-order chi connectivity index (χ1) is 20.7. The fourth-order valence-corrected chi connectivity index (χ4v) is 5.44. The summed E-state index contributed by atoms with van der Waals surface area (Å²) in [4.78, 5) is 0. The second kappa shape index (κ2) is 15.0. The standard InChI is InChI=1S/C24H42O20/c1-5-9(28)13(32)16(35)22(38-5)44-20-18(12(31)8(4-27)39-21(20)37)42-24-19(15(34)11(30)7(3-26)41-24)43-23-17(36)14(33)10(29)6(2-25)40-23/h5-37H,2-4H2,1H3/t5-,6+,7+,8+,9-,10+,11+,12-,13+,14-,15-,16+,17+,18-,19+,20+,21?,22-,23-,24-/m0/s1. The number of aliphatic hydroxyl groups is 13. The van der Waals surface area contributed by atoms with Gasteiger partial charge in [-0.2, -0.15) is 0 Å². The lowest BCUT2D eigenvalue weighted by molar-refractivity contribution is -0.401. The largest absolute Gasteiger partial charge is 0.394 e. The van der Waals surface area contributed by atoms with Gasteiger partial charge in [-0.25, -0.2) is 0 Å². The summed E-state index contributed by atoms with van der Waals surface area (Å²) in [5, 5.41) is 133. The Morgan fingerprint density at radius 1 is 0.409 bits per heavy atom. The molecule has 0 aliphatic carbocycles. The Bertz CT molecular complexity index is 900. The Kier molecular flexibility index (Phi) is 12.3. The van der Waals surface area contributed by atoms with Gasteiger partial charge in [0.1, 0.15) is 91.6 Å². The zero-order chi connectivity index (χ0) is 32.6. The van der Waals surface area contributed by atoms with Crippen LogP contribution in [0.15, 0.2) is 0 Å². The third-order valence-corrected chi connectivity index (χ3v) is 8.17. The van der Waals surface area contributed by atoms with Gasteiger partial charge < -0.3 is 99.5 Å². The zero-order valence-corrected chi connectivity index (χ0v) is 23.3. The lowest BCUT2D eigenvalue weighted by Crippen LogP contribution is -2.68. The number of ether oxygens (including phenoxy) is 7. The summed E-state index contributed by atoms with van der Waals surface area (Å²) in [7, 11) is 0. The minimum Gasteiger partial charge on any atom is -0.394 e. The Morgan fingerprint density at radius 3 is 1.41 bits per heavy atom. The van der Waals surface area contributed by atoms with Gasteiger partial charge in [0.2, 0.25) is 0 Å². The molecular weight excluding hydrogens is 608 g/mol. The third-order valence-electron chi connectivity index (χ3n) is 8.17. The summed E-state index contributed by atoms with van der Waals surface area (Å²) >= 11 is 0. The Balaban J connectivity index is 1.62. The van der Waals surface area contributed by atoms with E-state index >= 15 is 0 Å². The lowest BCUT2D eigenvalue weighted by atomic mass is 9.95. The molecule has 13 N–H and O–H groups in total. The van der Waals surface area contributed by atoms with Gasteiger partial charge in [-0.3, -0.25) is 0 Å². The highest BCUT2D eigenvalue weighted by Gasteiger charge is 2.55. The highest BCUT2D eigenvalue weighted by atomic mass is 16.8. The van der Waals surface area contributed by atoms with Gasteiger partial charge >= 0.3 is 0 Å². The predicted molar refractivity (Wildman–Crippen MR) is 132 cm³/mol. The molecule has 4 aliphatic heterocycles. The van der Waals surface area contributed by atoms with Crippen LogP contribution in [0.5, 0.6) is 0 Å². The van der Waals surface area contributed by atoms with E-state index in [-0.39, 0.29) is 0 Å². The molecule has 0 aromatic rings. The van der Waals surface area contributed by atoms with Gasteiger partial charge in [0, 0.05) is 0 Å². The van der Waals surface area contributed by atoms with Crippen molar-refractivity contribution in [3.8, 4) is 0 Å². The number of rotatable bonds is 9. The minimum absolute atomic E-state index is 0.823. The van der Waals surface area contributed by atoms with E-state index in [1.54, 1.807) is 0 Å². The summed E-state index contributed by atoms with van der Waals surface area (Å²) in [6.45, 7) is -1.20. The molecule has 4 saturated heterocycles. The molecule has 258 valence electrons. The van der Waals surface area contributed by atoms with Crippen LogP contribution in [0.4, 0.5) is 0 Å². The Morgan fingerprint density at radius 2 is 0.841 bits per heavy atom. The Hall–Kier alpha value is -0.800. The molecule has 20 nitrogen and oxygen atoms in total. The molecule has 0 aromatic carbocycles. The van der Waals surface area contributed by atoms with Crippen molar-refractivity contribution in [2.75, 3.05) is 19.8 Å². The van der Waals surface area contributed by atoms with Crippen LogP contribution in [-0.4, -0.2) is 209 Å². The number of aliphatic hydroxyl groups excluding tert-OH is 13. The molecule has 20 heteroatoms. The second-order valence-corrected chi connectivity index (χ2v) is 11.1. The average molecular weight is 651 g/mol. The fraction of sp³-hybridized carbons (Fsp3) is 1.00. The van der Waals surface area contributed by atoms with Crippen LogP contribution in [0.3, 0.4) is 0 Å². The van der Waals surface area contributed by atoms with E-state index in [1.165, 1.54) is 6.92 Å². The van der Waals surface area contributed by atoms with Gasteiger partial charge in [0.15, 0.2) is 25.2 Å². The van der Waals surface area contributed by atoms with E-state index in [2.05, 4.69) is 0 Å². The van der Waals surface area contributed by atoms with Crippen LogP contribution in [-0.2, 0) is 33.2 Å². The highest BCUT2D eigenvalue weighted by Crippen LogP contribution is 2.35. The van der Waals surface area contributed by atoms with Crippen LogP contribution >= 0.6 is 0 Å². The number of hydrogen-bond donors (Lipinski definition) is 13. The van der Waals surface area contributed by atoms with Crippen LogP contribution in [0.2, 0.25) is 0 Å². The van der Waals surface area contributed by atoms with E-state index in [4.69, 9.17) is 33.2 Å². The summed E-state index contributed by atoms with van der Waals surface area (Å²) in [6.07, 6.45) is -35.0. The average Bonchev–Trinajstić information content (AvgIpc) is 3.01. The predicted octanol–water partition coefficient (Wildman–Crippen LogP) is -8.72. The van der Waals surface area contributed by atoms with Crippen molar-refractivity contribution in [2.24, 2.45) is 0 Å². The minimum atomic E-state index is -2.01. The van der Waals surface area contributed by atoms with Crippen molar-refractivity contribution in [1.82, 2.24) is 0 Å². The quantitative estimate of drug-likeness (QED) is 0.110. The van der Waals surface area contributed by atoms with Crippen molar-refractivity contribution < 1.29 is 99.5 Å². The van der Waals surface area contributed by atoms with Gasteiger partial charge in [-0.1, -0.05) is 0 Å². The maximum Gasteiger partial charge on any atom is 0.187 e. The van der Waals surface area contributed by atoms with Gasteiger partial charge in [0.05, 0.1) is 25.9 Å². The van der Waals surface area contributed by atoms with Crippen LogP contribution in [0.1, 0.15) is 6.92 Å². The molecule has 4 rings (SSSR count). The molecule has 4 fully saturated rings. The van der Waals surface area contributed by atoms with Crippen molar-refractivity contribution in [3.05, 3.63) is 0 Å². The van der Waals surface area contributed by atoms with Crippen LogP contribution in [0, 0.1) is 0 Å². The molecule has 0 radical (unpaired) electrons. The maximum atomic E-state index is 11.0. The first-order valence-corrected chi connectivity index (χ1v) is 14.0. The normalized spacial score (nSPS) is 53.9. The molecule has 0 aromatic heterocycles. The molecule has 0 saturated carbocycles. The van der Waals surface area contributed by atoms with Gasteiger partial charge in [0.25, 0.3) is 0 Å². The SMILES string of the molecule is C[C@@H]1O[C@@H](O[C@H]2C(O)O[C@H](CO)[C@H](O)[C@@H]2O[C@@H]2O[C@H](CO)[C@@H](O)[C@H](O)[C@H]2O[C@@H]2O[C@H](CO)[C@@H](O)[C@H](O)[C@H]2O)[C@H](O)[C@H](O)[C@H]1O. The molecule has 4 heterocycles. The molecule has 0 spiro atoms. The first kappa shape index (κ1) is 36.0. The summed E-state index contributed by atoms with van der Waals surface area (Å²) in [5.41, 5.74) is 0. The maximum absolute atomic E-state index is 11.0. The van der Waals surface area contributed by atoms with Gasteiger partial charge in [-0.05, 0) is 6.92 Å². The van der Waals surface area contributed by atoms with E-state index in [0.29, 0.717) is 0 Å². The summed E-state index contributed by atoms with van der Waals surface area (Å²) < 4.78 is 38.5. The van der Waals surface area contributed by atoms with E-state index in [9.17, 15) is 66.4 Å².